The number of likely N-dealkylation sites (tertiary alicyclic amines) is 1. The molecule has 3 aliphatic heterocycles. The largest absolute Gasteiger partial charge is 0.360 e. The summed E-state index contributed by atoms with van der Waals surface area (Å²) in [5.74, 6) is 0.611. The second kappa shape index (κ2) is 6.14. The molecule has 2 saturated heterocycles. The van der Waals surface area contributed by atoms with Crippen molar-refractivity contribution in [3.8, 4) is 0 Å². The normalized spacial score (nSPS) is 42.5. The Morgan fingerprint density at radius 2 is 2.14 bits per heavy atom. The number of carbonyl (C=O) groups excluding carboxylic acids is 2. The van der Waals surface area contributed by atoms with Gasteiger partial charge in [-0.25, -0.2) is 0 Å². The smallest absolute Gasteiger partial charge is 0.230 e. The predicted octanol–water partition coefficient (Wildman–Crippen LogP) is 2.23. The fraction of sp³-hybridized carbons (Fsp3) is 0.609. The average molecular weight is 393 g/mol. The van der Waals surface area contributed by atoms with Crippen molar-refractivity contribution in [3.05, 3.63) is 42.2 Å². The van der Waals surface area contributed by atoms with Gasteiger partial charge in [0.1, 0.15) is 5.60 Å². The predicted molar refractivity (Wildman–Crippen MR) is 105 cm³/mol. The van der Waals surface area contributed by atoms with E-state index in [-0.39, 0.29) is 30.0 Å². The topological polar surface area (TPSA) is 71.5 Å². The molecule has 1 aromatic heterocycles. The van der Waals surface area contributed by atoms with E-state index >= 15 is 0 Å². The molecule has 4 bridgehead atoms. The number of carbonyl (C=O) groups is 2. The molecule has 4 fully saturated rings. The molecule has 2 aliphatic carbocycles. The van der Waals surface area contributed by atoms with Crippen LogP contribution in [-0.4, -0.2) is 46.0 Å². The third-order valence-corrected chi connectivity index (χ3v) is 8.15. The number of fused-ring (bicyclic) bond motifs is 3. The molecule has 6 rings (SSSR count). The zero-order valence-electron chi connectivity index (χ0n) is 16.7. The Kier molecular flexibility index (Phi) is 3.74. The van der Waals surface area contributed by atoms with Crippen LogP contribution in [0.1, 0.15) is 44.2 Å². The van der Waals surface area contributed by atoms with Crippen LogP contribution in [0, 0.1) is 23.7 Å². The minimum Gasteiger partial charge on any atom is -0.360 e. The highest BCUT2D eigenvalue weighted by Crippen LogP contribution is 2.53. The Bertz CT molecular complexity index is 887. The summed E-state index contributed by atoms with van der Waals surface area (Å²) in [6, 6.07) is 4.09. The molecule has 1 spiro atoms. The van der Waals surface area contributed by atoms with Crippen molar-refractivity contribution in [1.82, 2.24) is 15.2 Å². The van der Waals surface area contributed by atoms with Gasteiger partial charge in [0, 0.05) is 18.4 Å². The molecule has 6 heteroatoms. The highest BCUT2D eigenvalue weighted by molar-refractivity contribution is 5.93. The molecule has 2 amide bonds. The lowest BCUT2D eigenvalue weighted by Gasteiger charge is -2.29. The van der Waals surface area contributed by atoms with Crippen molar-refractivity contribution in [1.29, 1.82) is 0 Å². The third kappa shape index (κ3) is 2.48. The number of pyridine rings is 1. The Balaban J connectivity index is 1.24. The van der Waals surface area contributed by atoms with E-state index in [2.05, 4.69) is 10.3 Å². The van der Waals surface area contributed by atoms with Crippen molar-refractivity contribution in [2.24, 2.45) is 23.7 Å². The standard InChI is InChI=1S/C23H27N3O3/c1-13(15-5-8-24-9-6-15)26-12-23-7-4-18(29-23)19(20(23)22(26)28)21(27)25-17-11-14-2-3-16(17)10-14/h4-9,13-14,16-20H,2-3,10-12H2,1H3,(H,25,27)/t13?,14-,16+,17+,18?,19?,20?,23?/m0/s1. The van der Waals surface area contributed by atoms with Crippen LogP contribution in [0.25, 0.3) is 0 Å². The fourth-order valence-corrected chi connectivity index (χ4v) is 6.68. The van der Waals surface area contributed by atoms with Crippen LogP contribution in [-0.2, 0) is 14.3 Å². The van der Waals surface area contributed by atoms with Crippen LogP contribution in [0.4, 0.5) is 0 Å². The van der Waals surface area contributed by atoms with Gasteiger partial charge in [0.15, 0.2) is 0 Å². The van der Waals surface area contributed by atoms with Crippen LogP contribution < -0.4 is 5.32 Å². The summed E-state index contributed by atoms with van der Waals surface area (Å²) in [5.41, 5.74) is 0.394. The Morgan fingerprint density at radius 3 is 2.86 bits per heavy atom. The van der Waals surface area contributed by atoms with Crippen LogP contribution in [0.2, 0.25) is 0 Å². The fourth-order valence-electron chi connectivity index (χ4n) is 6.68. The van der Waals surface area contributed by atoms with E-state index in [1.165, 1.54) is 19.3 Å². The zero-order valence-corrected chi connectivity index (χ0v) is 16.7. The van der Waals surface area contributed by atoms with E-state index in [0.717, 1.165) is 17.9 Å². The Labute approximate surface area is 170 Å². The van der Waals surface area contributed by atoms with Crippen molar-refractivity contribution >= 4 is 11.8 Å². The van der Waals surface area contributed by atoms with Crippen LogP contribution in [0.3, 0.4) is 0 Å². The van der Waals surface area contributed by atoms with E-state index in [9.17, 15) is 9.59 Å². The summed E-state index contributed by atoms with van der Waals surface area (Å²) in [7, 11) is 0. The third-order valence-electron chi connectivity index (χ3n) is 8.15. The number of nitrogens with one attached hydrogen (secondary N) is 1. The van der Waals surface area contributed by atoms with Crippen LogP contribution in [0.5, 0.6) is 0 Å². The molecule has 6 nitrogen and oxygen atoms in total. The van der Waals surface area contributed by atoms with Crippen LogP contribution >= 0.6 is 0 Å². The first kappa shape index (κ1) is 17.6. The first-order valence-corrected chi connectivity index (χ1v) is 10.9. The highest BCUT2D eigenvalue weighted by Gasteiger charge is 2.67. The second-order valence-corrected chi connectivity index (χ2v) is 9.61. The summed E-state index contributed by atoms with van der Waals surface area (Å²) in [4.78, 5) is 32.7. The first-order chi connectivity index (χ1) is 14.1. The molecule has 0 radical (unpaired) electrons. The SMILES string of the molecule is CC(c1ccncc1)N1CC23C=CC(O2)C(C(=O)N[C@@H]2C[C@H]4CC[C@@H]2C4)C3C1=O. The van der Waals surface area contributed by atoms with Gasteiger partial charge in [0.05, 0.1) is 30.5 Å². The summed E-state index contributed by atoms with van der Waals surface area (Å²) >= 11 is 0. The van der Waals surface area contributed by atoms with Gasteiger partial charge in [-0.2, -0.15) is 0 Å². The zero-order chi connectivity index (χ0) is 19.8. The Morgan fingerprint density at radius 1 is 1.31 bits per heavy atom. The molecule has 5 aliphatic rings. The molecule has 152 valence electrons. The van der Waals surface area contributed by atoms with E-state index in [1.807, 2.05) is 36.1 Å². The first-order valence-electron chi connectivity index (χ1n) is 10.9. The van der Waals surface area contributed by atoms with Crippen molar-refractivity contribution < 1.29 is 14.3 Å². The maximum atomic E-state index is 13.5. The van der Waals surface area contributed by atoms with E-state index in [4.69, 9.17) is 4.74 Å². The monoisotopic (exact) mass is 393 g/mol. The number of rotatable bonds is 4. The summed E-state index contributed by atoms with van der Waals surface area (Å²) in [6.45, 7) is 2.54. The molecular weight excluding hydrogens is 366 g/mol. The van der Waals surface area contributed by atoms with E-state index in [1.54, 1.807) is 12.4 Å². The lowest BCUT2D eigenvalue weighted by molar-refractivity contribution is -0.139. The number of amides is 2. The van der Waals surface area contributed by atoms with Gasteiger partial charge in [0.2, 0.25) is 11.8 Å². The maximum absolute atomic E-state index is 13.5. The number of ether oxygens (including phenoxy) is 1. The van der Waals surface area contributed by atoms with Gasteiger partial charge in [0.25, 0.3) is 0 Å². The van der Waals surface area contributed by atoms with Gasteiger partial charge in [-0.3, -0.25) is 14.6 Å². The van der Waals surface area contributed by atoms with Gasteiger partial charge < -0.3 is 15.0 Å². The molecule has 4 heterocycles. The molecule has 2 saturated carbocycles. The van der Waals surface area contributed by atoms with Crippen molar-refractivity contribution in [3.63, 3.8) is 0 Å². The number of aromatic nitrogens is 1. The van der Waals surface area contributed by atoms with Gasteiger partial charge in [-0.1, -0.05) is 18.6 Å². The molecule has 8 atom stereocenters. The number of nitrogens with zero attached hydrogens (tertiary/aromatic N) is 2. The summed E-state index contributed by atoms with van der Waals surface area (Å²) in [5, 5.41) is 3.31. The molecule has 5 unspecified atom stereocenters. The summed E-state index contributed by atoms with van der Waals surface area (Å²) < 4.78 is 6.28. The Hall–Kier alpha value is -2.21. The van der Waals surface area contributed by atoms with E-state index < -0.39 is 17.4 Å². The molecule has 1 N–H and O–H groups in total. The molecular formula is C23H27N3O3. The summed E-state index contributed by atoms with van der Waals surface area (Å²) in [6.07, 6.45) is 12.1. The average Bonchev–Trinajstić information content (AvgIpc) is 3.53. The van der Waals surface area contributed by atoms with Crippen molar-refractivity contribution in [2.45, 2.75) is 56.4 Å². The lowest BCUT2D eigenvalue weighted by atomic mass is 9.76. The minimum atomic E-state index is -0.653. The number of hydrogen-bond donors (Lipinski definition) is 1. The maximum Gasteiger partial charge on any atom is 0.230 e. The minimum absolute atomic E-state index is 0.00976. The van der Waals surface area contributed by atoms with Crippen molar-refractivity contribution in [2.75, 3.05) is 6.54 Å². The van der Waals surface area contributed by atoms with E-state index in [0.29, 0.717) is 12.5 Å². The quantitative estimate of drug-likeness (QED) is 0.797. The molecule has 29 heavy (non-hydrogen) atoms. The van der Waals surface area contributed by atoms with Gasteiger partial charge >= 0.3 is 0 Å². The molecule has 0 aromatic carbocycles. The molecule has 1 aromatic rings. The van der Waals surface area contributed by atoms with Gasteiger partial charge in [-0.15, -0.1) is 0 Å². The highest BCUT2D eigenvalue weighted by atomic mass is 16.5. The lowest BCUT2D eigenvalue weighted by Crippen LogP contribution is -2.48. The van der Waals surface area contributed by atoms with Crippen LogP contribution in [0.15, 0.2) is 36.7 Å². The number of hydrogen-bond acceptors (Lipinski definition) is 4. The second-order valence-electron chi connectivity index (χ2n) is 9.61. The van der Waals surface area contributed by atoms with Gasteiger partial charge in [-0.05, 0) is 55.7 Å².